The van der Waals surface area contributed by atoms with Gasteiger partial charge >= 0.3 is 6.03 Å². The first-order valence-corrected chi connectivity index (χ1v) is 12.8. The molecule has 3 amide bonds. The van der Waals surface area contributed by atoms with Gasteiger partial charge in [-0.05, 0) is 73.2 Å². The molecule has 3 aromatic rings. The third kappa shape index (κ3) is 6.48. The van der Waals surface area contributed by atoms with Gasteiger partial charge < -0.3 is 25.6 Å². The number of thioether (sulfide) groups is 1. The molecule has 1 aliphatic rings. The highest BCUT2D eigenvalue weighted by atomic mass is 32.2. The predicted molar refractivity (Wildman–Crippen MR) is 143 cm³/mol. The summed E-state index contributed by atoms with van der Waals surface area (Å²) in [4.78, 5) is 29.0. The second-order valence-electron chi connectivity index (χ2n) is 8.27. The topological polar surface area (TPSA) is 82.7 Å². The molecule has 1 saturated heterocycles. The molecular formula is C27H30N4O3S. The fraction of sp³-hybridized carbons (Fsp3) is 0.259. The van der Waals surface area contributed by atoms with E-state index in [1.54, 1.807) is 24.9 Å². The first-order valence-electron chi connectivity index (χ1n) is 11.6. The van der Waals surface area contributed by atoms with Crippen molar-refractivity contribution < 1.29 is 14.3 Å². The van der Waals surface area contributed by atoms with Gasteiger partial charge in [-0.25, -0.2) is 4.79 Å². The van der Waals surface area contributed by atoms with Crippen LogP contribution in [0.15, 0.2) is 71.6 Å². The van der Waals surface area contributed by atoms with E-state index in [0.29, 0.717) is 23.5 Å². The van der Waals surface area contributed by atoms with Crippen molar-refractivity contribution in [2.45, 2.75) is 24.3 Å². The lowest BCUT2D eigenvalue weighted by Crippen LogP contribution is -2.26. The Labute approximate surface area is 210 Å². The Bertz CT molecular complexity index is 1180. The van der Waals surface area contributed by atoms with E-state index in [0.717, 1.165) is 47.8 Å². The Morgan fingerprint density at radius 3 is 2.46 bits per heavy atom. The van der Waals surface area contributed by atoms with Crippen molar-refractivity contribution in [2.75, 3.05) is 42.0 Å². The summed E-state index contributed by atoms with van der Waals surface area (Å²) >= 11 is 1.61. The molecule has 0 spiro atoms. The number of hydrogen-bond acceptors (Lipinski definition) is 5. The number of urea groups is 1. The molecule has 0 radical (unpaired) electrons. The molecule has 3 aromatic carbocycles. The van der Waals surface area contributed by atoms with Crippen LogP contribution < -0.4 is 25.6 Å². The van der Waals surface area contributed by atoms with E-state index in [4.69, 9.17) is 4.74 Å². The maximum Gasteiger partial charge on any atom is 0.323 e. The Kier molecular flexibility index (Phi) is 8.15. The van der Waals surface area contributed by atoms with E-state index in [9.17, 15) is 9.59 Å². The number of nitrogens with zero attached hydrogens (tertiary/aromatic N) is 1. The highest BCUT2D eigenvalue weighted by Crippen LogP contribution is 2.30. The van der Waals surface area contributed by atoms with Crippen LogP contribution in [0.5, 0.6) is 5.75 Å². The van der Waals surface area contributed by atoms with Crippen molar-refractivity contribution in [3.05, 3.63) is 77.9 Å². The number of carbonyl (C=O) groups is 2. The summed E-state index contributed by atoms with van der Waals surface area (Å²) in [6.45, 7) is 2.25. The van der Waals surface area contributed by atoms with Crippen LogP contribution in [0.3, 0.4) is 0 Å². The van der Waals surface area contributed by atoms with Crippen LogP contribution in [0.4, 0.5) is 21.9 Å². The van der Waals surface area contributed by atoms with Crippen LogP contribution in [0.1, 0.15) is 28.8 Å². The lowest BCUT2D eigenvalue weighted by molar-refractivity contribution is 0.0951. The lowest BCUT2D eigenvalue weighted by Gasteiger charge is -2.22. The van der Waals surface area contributed by atoms with Gasteiger partial charge in [0.05, 0.1) is 18.5 Å². The quantitative estimate of drug-likeness (QED) is 0.359. The standard InChI is InChI=1S/C27H30N4O3S/c1-34-22-11-8-19(9-12-22)18-28-26(32)20-10-13-25(31-14-3-4-15-31)24(16-20)30-27(33)29-21-6-5-7-23(17-21)35-2/h5-13,16-17H,3-4,14-15,18H2,1-2H3,(H,28,32)(H2,29,30,33). The van der Waals surface area contributed by atoms with E-state index in [-0.39, 0.29) is 11.9 Å². The Morgan fingerprint density at radius 2 is 1.74 bits per heavy atom. The van der Waals surface area contributed by atoms with E-state index in [2.05, 4.69) is 20.9 Å². The maximum absolute atomic E-state index is 12.9. The van der Waals surface area contributed by atoms with Gasteiger partial charge in [-0.3, -0.25) is 4.79 Å². The average molecular weight is 491 g/mol. The molecule has 4 rings (SSSR count). The number of carbonyl (C=O) groups excluding carboxylic acids is 2. The number of hydrogen-bond donors (Lipinski definition) is 3. The van der Waals surface area contributed by atoms with E-state index in [1.807, 2.05) is 66.9 Å². The van der Waals surface area contributed by atoms with Crippen LogP contribution in [0.2, 0.25) is 0 Å². The number of methoxy groups -OCH3 is 1. The van der Waals surface area contributed by atoms with E-state index in [1.165, 1.54) is 0 Å². The number of anilines is 3. The van der Waals surface area contributed by atoms with Crippen molar-refractivity contribution in [1.82, 2.24) is 5.32 Å². The average Bonchev–Trinajstić information content (AvgIpc) is 3.42. The summed E-state index contributed by atoms with van der Waals surface area (Å²) in [5.41, 5.74) is 3.70. The SMILES string of the molecule is COc1ccc(CNC(=O)c2ccc(N3CCCC3)c(NC(=O)Nc3cccc(SC)c3)c2)cc1. The molecule has 0 saturated carbocycles. The Hall–Kier alpha value is -3.65. The molecule has 3 N–H and O–H groups in total. The summed E-state index contributed by atoms with van der Waals surface area (Å²) in [7, 11) is 1.62. The van der Waals surface area contributed by atoms with Crippen LogP contribution in [-0.4, -0.2) is 38.4 Å². The van der Waals surface area contributed by atoms with Gasteiger partial charge in [-0.15, -0.1) is 11.8 Å². The molecule has 182 valence electrons. The molecule has 0 aromatic heterocycles. The molecule has 8 heteroatoms. The number of rotatable bonds is 8. The summed E-state index contributed by atoms with van der Waals surface area (Å²) in [6.07, 6.45) is 4.21. The minimum atomic E-state index is -0.348. The molecular weight excluding hydrogens is 460 g/mol. The van der Waals surface area contributed by atoms with Crippen molar-refractivity contribution in [1.29, 1.82) is 0 Å². The normalized spacial score (nSPS) is 12.8. The van der Waals surface area contributed by atoms with Crippen LogP contribution in [0, 0.1) is 0 Å². The minimum absolute atomic E-state index is 0.204. The van der Waals surface area contributed by atoms with Gasteiger partial charge in [-0.2, -0.15) is 0 Å². The molecule has 7 nitrogen and oxygen atoms in total. The first-order chi connectivity index (χ1) is 17.1. The number of ether oxygens (including phenoxy) is 1. The maximum atomic E-state index is 12.9. The summed E-state index contributed by atoms with van der Waals surface area (Å²) in [5.74, 6) is 0.566. The number of benzene rings is 3. The zero-order chi connectivity index (χ0) is 24.6. The highest BCUT2D eigenvalue weighted by molar-refractivity contribution is 7.98. The zero-order valence-electron chi connectivity index (χ0n) is 20.0. The summed E-state index contributed by atoms with van der Waals surface area (Å²) in [6, 6.07) is 20.4. The van der Waals surface area contributed by atoms with Gasteiger partial charge in [0.15, 0.2) is 0 Å². The minimum Gasteiger partial charge on any atom is -0.497 e. The Balaban J connectivity index is 1.48. The number of nitrogens with one attached hydrogen (secondary N) is 3. The third-order valence-electron chi connectivity index (χ3n) is 5.89. The summed E-state index contributed by atoms with van der Waals surface area (Å²) < 4.78 is 5.18. The van der Waals surface area contributed by atoms with E-state index < -0.39 is 0 Å². The molecule has 1 fully saturated rings. The molecule has 0 bridgehead atoms. The van der Waals surface area contributed by atoms with Crippen molar-refractivity contribution >= 4 is 40.8 Å². The number of amides is 3. The first kappa shape index (κ1) is 24.5. The second kappa shape index (κ2) is 11.7. The van der Waals surface area contributed by atoms with Crippen LogP contribution in [-0.2, 0) is 6.54 Å². The van der Waals surface area contributed by atoms with Gasteiger partial charge in [0.1, 0.15) is 5.75 Å². The Morgan fingerprint density at radius 1 is 0.971 bits per heavy atom. The fourth-order valence-corrected chi connectivity index (χ4v) is 4.48. The molecule has 0 atom stereocenters. The van der Waals surface area contributed by atoms with Gasteiger partial charge in [-0.1, -0.05) is 18.2 Å². The predicted octanol–water partition coefficient (Wildman–Crippen LogP) is 5.59. The lowest BCUT2D eigenvalue weighted by atomic mass is 10.1. The van der Waals surface area contributed by atoms with Crippen molar-refractivity contribution in [2.24, 2.45) is 0 Å². The molecule has 1 aliphatic heterocycles. The van der Waals surface area contributed by atoms with Crippen LogP contribution in [0.25, 0.3) is 0 Å². The highest BCUT2D eigenvalue weighted by Gasteiger charge is 2.19. The van der Waals surface area contributed by atoms with Crippen molar-refractivity contribution in [3.8, 4) is 5.75 Å². The summed E-state index contributed by atoms with van der Waals surface area (Å²) in [5, 5.41) is 8.81. The third-order valence-corrected chi connectivity index (χ3v) is 6.62. The van der Waals surface area contributed by atoms with E-state index >= 15 is 0 Å². The molecule has 35 heavy (non-hydrogen) atoms. The van der Waals surface area contributed by atoms with Gasteiger partial charge in [0.2, 0.25) is 0 Å². The monoisotopic (exact) mass is 490 g/mol. The molecule has 0 unspecified atom stereocenters. The van der Waals surface area contributed by atoms with Crippen LogP contribution >= 0.6 is 11.8 Å². The zero-order valence-corrected chi connectivity index (χ0v) is 20.8. The van der Waals surface area contributed by atoms with Crippen molar-refractivity contribution in [3.63, 3.8) is 0 Å². The largest absolute Gasteiger partial charge is 0.497 e. The smallest absolute Gasteiger partial charge is 0.323 e. The van der Waals surface area contributed by atoms with Gasteiger partial charge in [0, 0.05) is 35.8 Å². The molecule has 0 aliphatic carbocycles. The van der Waals surface area contributed by atoms with Gasteiger partial charge in [0.25, 0.3) is 5.91 Å². The molecule has 1 heterocycles. The fourth-order valence-electron chi connectivity index (χ4n) is 4.02. The second-order valence-corrected chi connectivity index (χ2v) is 9.15.